The molecule has 1 aromatic rings. The summed E-state index contributed by atoms with van der Waals surface area (Å²) >= 11 is 4.76. The number of carbonyl (C=O) groups excluding carboxylic acids is 1. The molecule has 104 valence electrons. The molecule has 1 fully saturated rings. The highest BCUT2D eigenvalue weighted by molar-refractivity contribution is 7.80. The van der Waals surface area contributed by atoms with Crippen LogP contribution >= 0.6 is 12.2 Å². The second kappa shape index (κ2) is 5.30. The smallest absolute Gasteiger partial charge is 0.301 e. The predicted octanol–water partition coefficient (Wildman–Crippen LogP) is 1.18. The standard InChI is InChI=1S/C13H15N5OS/c1-7-5-4-6-10(8(7)2)15-16-11-9(3)17-18(12(11)19)13(14)20/h4-6,15,17H,3H2,1-2H3,(H2,14,20). The average Bonchev–Trinajstić information content (AvgIpc) is 2.67. The average molecular weight is 289 g/mol. The first-order chi connectivity index (χ1) is 9.41. The normalized spacial score (nSPS) is 16.5. The lowest BCUT2D eigenvalue weighted by atomic mass is 10.1. The number of hydrogen-bond donors (Lipinski definition) is 3. The molecule has 0 aliphatic carbocycles. The van der Waals surface area contributed by atoms with Crippen LogP contribution in [0.15, 0.2) is 35.6 Å². The second-order valence-corrected chi connectivity index (χ2v) is 4.81. The Labute approximate surface area is 122 Å². The summed E-state index contributed by atoms with van der Waals surface area (Å²) in [6.45, 7) is 7.69. The molecular formula is C13H15N5OS. The second-order valence-electron chi connectivity index (χ2n) is 4.39. The molecule has 1 aromatic carbocycles. The highest BCUT2D eigenvalue weighted by Crippen LogP contribution is 2.18. The lowest BCUT2D eigenvalue weighted by Gasteiger charge is -2.11. The van der Waals surface area contributed by atoms with Gasteiger partial charge in [0.05, 0.1) is 11.4 Å². The Bertz CT molecular complexity index is 638. The van der Waals surface area contributed by atoms with Gasteiger partial charge in [-0.2, -0.15) is 10.1 Å². The topological polar surface area (TPSA) is 82.8 Å². The lowest BCUT2D eigenvalue weighted by Crippen LogP contribution is -2.43. The van der Waals surface area contributed by atoms with Crippen LogP contribution in [0, 0.1) is 13.8 Å². The van der Waals surface area contributed by atoms with Crippen LogP contribution in [0.25, 0.3) is 0 Å². The first-order valence-electron chi connectivity index (χ1n) is 5.91. The van der Waals surface area contributed by atoms with Gasteiger partial charge in [-0.25, -0.2) is 0 Å². The van der Waals surface area contributed by atoms with Gasteiger partial charge in [0.2, 0.25) is 0 Å². The summed E-state index contributed by atoms with van der Waals surface area (Å²) in [4.78, 5) is 12.0. The zero-order valence-electron chi connectivity index (χ0n) is 11.2. The Hall–Kier alpha value is -2.41. The van der Waals surface area contributed by atoms with E-state index in [1.165, 1.54) is 0 Å². The van der Waals surface area contributed by atoms with E-state index in [2.05, 4.69) is 22.5 Å². The molecule has 0 atom stereocenters. The number of aryl methyl sites for hydroxylation is 1. The van der Waals surface area contributed by atoms with Crippen LogP contribution in [0.3, 0.4) is 0 Å². The number of rotatable bonds is 2. The molecule has 0 spiro atoms. The molecule has 0 radical (unpaired) electrons. The van der Waals surface area contributed by atoms with E-state index in [0.717, 1.165) is 21.8 Å². The van der Waals surface area contributed by atoms with E-state index in [1.807, 2.05) is 32.0 Å². The Morgan fingerprint density at radius 2 is 2.20 bits per heavy atom. The number of nitrogens with one attached hydrogen (secondary N) is 2. The van der Waals surface area contributed by atoms with Gasteiger partial charge in [0.1, 0.15) is 0 Å². The summed E-state index contributed by atoms with van der Waals surface area (Å²) in [5, 5.41) is 5.04. The Morgan fingerprint density at radius 1 is 1.50 bits per heavy atom. The molecule has 0 aromatic heterocycles. The fourth-order valence-electron chi connectivity index (χ4n) is 1.73. The number of benzene rings is 1. The van der Waals surface area contributed by atoms with E-state index in [4.69, 9.17) is 18.0 Å². The van der Waals surface area contributed by atoms with E-state index in [9.17, 15) is 4.79 Å². The minimum Gasteiger partial charge on any atom is -0.374 e. The van der Waals surface area contributed by atoms with Crippen LogP contribution in [-0.2, 0) is 4.79 Å². The van der Waals surface area contributed by atoms with Gasteiger partial charge in [-0.1, -0.05) is 18.7 Å². The molecule has 0 bridgehead atoms. The third-order valence-corrected chi connectivity index (χ3v) is 3.23. The summed E-state index contributed by atoms with van der Waals surface area (Å²) in [7, 11) is 0. The lowest BCUT2D eigenvalue weighted by molar-refractivity contribution is -0.120. The van der Waals surface area contributed by atoms with Crippen molar-refractivity contribution in [2.75, 3.05) is 5.43 Å². The van der Waals surface area contributed by atoms with Gasteiger partial charge in [-0.15, -0.1) is 0 Å². The number of hydrogen-bond acceptors (Lipinski definition) is 5. The molecule has 1 aliphatic heterocycles. The predicted molar refractivity (Wildman–Crippen MR) is 82.9 cm³/mol. The highest BCUT2D eigenvalue weighted by Gasteiger charge is 2.32. The van der Waals surface area contributed by atoms with Crippen molar-refractivity contribution in [3.05, 3.63) is 41.6 Å². The van der Waals surface area contributed by atoms with E-state index in [-0.39, 0.29) is 10.8 Å². The van der Waals surface area contributed by atoms with Crippen LogP contribution in [0.4, 0.5) is 5.69 Å². The maximum atomic E-state index is 12.0. The zero-order chi connectivity index (χ0) is 14.9. The van der Waals surface area contributed by atoms with Gasteiger partial charge >= 0.3 is 5.91 Å². The zero-order valence-corrected chi connectivity index (χ0v) is 12.0. The van der Waals surface area contributed by atoms with Crippen molar-refractivity contribution in [2.24, 2.45) is 10.8 Å². The molecular weight excluding hydrogens is 274 g/mol. The molecule has 1 aliphatic rings. The summed E-state index contributed by atoms with van der Waals surface area (Å²) in [5.74, 6) is -0.430. The number of hydrazine groups is 1. The van der Waals surface area contributed by atoms with Crippen LogP contribution < -0.4 is 16.6 Å². The van der Waals surface area contributed by atoms with E-state index >= 15 is 0 Å². The molecule has 20 heavy (non-hydrogen) atoms. The number of thiocarbonyl (C=S) groups is 1. The number of nitrogens with two attached hydrogens (primary N) is 1. The van der Waals surface area contributed by atoms with Gasteiger partial charge in [0.25, 0.3) is 0 Å². The largest absolute Gasteiger partial charge is 0.374 e. The number of anilines is 1. The fourth-order valence-corrected chi connectivity index (χ4v) is 1.86. The van der Waals surface area contributed by atoms with Gasteiger partial charge in [0, 0.05) is 0 Å². The Morgan fingerprint density at radius 3 is 2.80 bits per heavy atom. The molecule has 1 saturated heterocycles. The quantitative estimate of drug-likeness (QED) is 0.562. The van der Waals surface area contributed by atoms with Crippen LogP contribution in [0.2, 0.25) is 0 Å². The van der Waals surface area contributed by atoms with Crippen molar-refractivity contribution in [1.82, 2.24) is 10.4 Å². The van der Waals surface area contributed by atoms with Crippen molar-refractivity contribution in [2.45, 2.75) is 13.8 Å². The van der Waals surface area contributed by atoms with E-state index in [1.54, 1.807) is 0 Å². The minimum atomic E-state index is -0.430. The number of nitrogens with zero attached hydrogens (tertiary/aromatic N) is 2. The minimum absolute atomic E-state index is 0.0758. The number of carbonyl (C=O) groups is 1. The number of amides is 1. The van der Waals surface area contributed by atoms with Gasteiger partial charge in [-0.3, -0.25) is 15.6 Å². The first-order valence-corrected chi connectivity index (χ1v) is 6.32. The summed E-state index contributed by atoms with van der Waals surface area (Å²) < 4.78 is 0. The molecule has 1 amide bonds. The Balaban J connectivity index is 2.24. The maximum absolute atomic E-state index is 12.0. The van der Waals surface area contributed by atoms with E-state index in [0.29, 0.717) is 5.70 Å². The van der Waals surface area contributed by atoms with Crippen LogP contribution in [-0.4, -0.2) is 21.7 Å². The molecule has 2 rings (SSSR count). The van der Waals surface area contributed by atoms with Gasteiger partial charge in [-0.05, 0) is 43.3 Å². The molecule has 0 unspecified atom stereocenters. The van der Waals surface area contributed by atoms with Crippen LogP contribution in [0.5, 0.6) is 0 Å². The van der Waals surface area contributed by atoms with Crippen molar-refractivity contribution >= 4 is 34.6 Å². The van der Waals surface area contributed by atoms with Crippen molar-refractivity contribution in [1.29, 1.82) is 0 Å². The molecule has 7 heteroatoms. The monoisotopic (exact) mass is 289 g/mol. The summed E-state index contributed by atoms with van der Waals surface area (Å²) in [6.07, 6.45) is 0. The molecule has 0 saturated carbocycles. The van der Waals surface area contributed by atoms with Crippen molar-refractivity contribution < 1.29 is 4.79 Å². The third kappa shape index (κ3) is 2.48. The third-order valence-electron chi connectivity index (χ3n) is 3.05. The van der Waals surface area contributed by atoms with E-state index < -0.39 is 5.91 Å². The number of hydrazone groups is 1. The highest BCUT2D eigenvalue weighted by atomic mass is 32.1. The van der Waals surface area contributed by atoms with Crippen LogP contribution in [0.1, 0.15) is 11.1 Å². The molecule has 4 N–H and O–H groups in total. The molecule has 6 nitrogen and oxygen atoms in total. The van der Waals surface area contributed by atoms with Gasteiger partial charge < -0.3 is 5.73 Å². The SMILES string of the molecule is C=C1NN(C(N)=S)C(=O)C1=NNc1cccc(C)c1C. The Kier molecular flexibility index (Phi) is 3.71. The van der Waals surface area contributed by atoms with Crippen molar-refractivity contribution in [3.63, 3.8) is 0 Å². The summed E-state index contributed by atoms with van der Waals surface area (Å²) in [5.41, 5.74) is 14.5. The first kappa shape index (κ1) is 14.0. The molecule has 1 heterocycles. The van der Waals surface area contributed by atoms with Crippen molar-refractivity contribution in [3.8, 4) is 0 Å². The van der Waals surface area contributed by atoms with Gasteiger partial charge in [0.15, 0.2) is 10.8 Å². The summed E-state index contributed by atoms with van der Waals surface area (Å²) in [6, 6.07) is 5.80. The fraction of sp³-hybridized carbons (Fsp3) is 0.154. The maximum Gasteiger partial charge on any atom is 0.301 e.